The van der Waals surface area contributed by atoms with Crippen LogP contribution in [0.3, 0.4) is 0 Å². The lowest BCUT2D eigenvalue weighted by molar-refractivity contribution is 0.181. The van der Waals surface area contributed by atoms with Crippen LogP contribution in [-0.4, -0.2) is 5.11 Å². The van der Waals surface area contributed by atoms with Crippen LogP contribution >= 0.6 is 22.9 Å². The SMILES string of the molecule is C=C(CC)CC(O)c1sccc1Cl. The van der Waals surface area contributed by atoms with E-state index < -0.39 is 6.10 Å². The molecule has 1 aromatic heterocycles. The maximum absolute atomic E-state index is 9.76. The first-order valence-electron chi connectivity index (χ1n) is 4.22. The molecule has 0 spiro atoms. The quantitative estimate of drug-likeness (QED) is 0.760. The molecule has 1 heterocycles. The Balaban J connectivity index is 2.63. The van der Waals surface area contributed by atoms with Crippen LogP contribution in [0, 0.1) is 0 Å². The summed E-state index contributed by atoms with van der Waals surface area (Å²) in [5.74, 6) is 0. The van der Waals surface area contributed by atoms with Gasteiger partial charge in [-0.2, -0.15) is 0 Å². The summed E-state index contributed by atoms with van der Waals surface area (Å²) < 4.78 is 0. The van der Waals surface area contributed by atoms with E-state index in [1.165, 1.54) is 11.3 Å². The predicted molar refractivity (Wildman–Crippen MR) is 58.3 cm³/mol. The Morgan fingerprint density at radius 3 is 2.92 bits per heavy atom. The first-order valence-corrected chi connectivity index (χ1v) is 5.48. The fraction of sp³-hybridized carbons (Fsp3) is 0.400. The Morgan fingerprint density at radius 1 is 1.77 bits per heavy atom. The molecule has 0 fully saturated rings. The number of aliphatic hydroxyl groups excluding tert-OH is 1. The molecule has 0 saturated carbocycles. The van der Waals surface area contributed by atoms with Gasteiger partial charge < -0.3 is 5.11 Å². The Kier molecular flexibility index (Phi) is 3.97. The largest absolute Gasteiger partial charge is 0.387 e. The highest BCUT2D eigenvalue weighted by atomic mass is 35.5. The number of hydrogen-bond acceptors (Lipinski definition) is 2. The van der Waals surface area contributed by atoms with Crippen molar-refractivity contribution in [1.29, 1.82) is 0 Å². The van der Waals surface area contributed by atoms with Crippen molar-refractivity contribution in [2.24, 2.45) is 0 Å². The lowest BCUT2D eigenvalue weighted by Gasteiger charge is -2.09. The third-order valence-electron chi connectivity index (χ3n) is 1.93. The fourth-order valence-electron chi connectivity index (χ4n) is 1.05. The molecule has 0 saturated heterocycles. The smallest absolute Gasteiger partial charge is 0.0933 e. The van der Waals surface area contributed by atoms with Crippen LogP contribution in [0.4, 0.5) is 0 Å². The van der Waals surface area contributed by atoms with E-state index >= 15 is 0 Å². The molecule has 1 unspecified atom stereocenters. The van der Waals surface area contributed by atoms with Gasteiger partial charge in [0, 0.05) is 0 Å². The van der Waals surface area contributed by atoms with Crippen LogP contribution in [-0.2, 0) is 0 Å². The first-order chi connectivity index (χ1) is 6.15. The molecule has 0 aliphatic rings. The summed E-state index contributed by atoms with van der Waals surface area (Å²) in [6.07, 6.45) is 1.02. The van der Waals surface area contributed by atoms with E-state index in [0.717, 1.165) is 16.9 Å². The van der Waals surface area contributed by atoms with Crippen molar-refractivity contribution in [1.82, 2.24) is 0 Å². The van der Waals surface area contributed by atoms with Crippen molar-refractivity contribution in [3.8, 4) is 0 Å². The van der Waals surface area contributed by atoms with Gasteiger partial charge in [-0.25, -0.2) is 0 Å². The molecule has 72 valence electrons. The third-order valence-corrected chi connectivity index (χ3v) is 3.39. The Hall–Kier alpha value is -0.310. The van der Waals surface area contributed by atoms with Crippen LogP contribution in [0.5, 0.6) is 0 Å². The Morgan fingerprint density at radius 2 is 2.46 bits per heavy atom. The van der Waals surface area contributed by atoms with Gasteiger partial charge in [-0.15, -0.1) is 11.3 Å². The van der Waals surface area contributed by atoms with Gasteiger partial charge in [0.25, 0.3) is 0 Å². The van der Waals surface area contributed by atoms with E-state index in [1.54, 1.807) is 6.07 Å². The van der Waals surface area contributed by atoms with Gasteiger partial charge in [0.15, 0.2) is 0 Å². The molecular weight excluding hydrogens is 204 g/mol. The maximum atomic E-state index is 9.76. The van der Waals surface area contributed by atoms with Crippen LogP contribution in [0.25, 0.3) is 0 Å². The summed E-state index contributed by atoms with van der Waals surface area (Å²) in [4.78, 5) is 0.844. The molecule has 13 heavy (non-hydrogen) atoms. The molecule has 1 nitrogen and oxygen atoms in total. The minimum absolute atomic E-state index is 0.486. The van der Waals surface area contributed by atoms with Gasteiger partial charge in [-0.05, 0) is 24.3 Å². The van der Waals surface area contributed by atoms with Crippen LogP contribution in [0.15, 0.2) is 23.6 Å². The predicted octanol–water partition coefficient (Wildman–Crippen LogP) is 3.79. The van der Waals surface area contributed by atoms with Crippen molar-refractivity contribution >= 4 is 22.9 Å². The molecule has 1 N–H and O–H groups in total. The normalized spacial score (nSPS) is 12.8. The van der Waals surface area contributed by atoms with E-state index in [2.05, 4.69) is 6.58 Å². The lowest BCUT2D eigenvalue weighted by atomic mass is 10.1. The molecule has 1 atom stereocenters. The summed E-state index contributed by atoms with van der Waals surface area (Å²) in [6.45, 7) is 5.89. The zero-order valence-corrected chi connectivity index (χ0v) is 9.16. The summed E-state index contributed by atoms with van der Waals surface area (Å²) in [7, 11) is 0. The van der Waals surface area contributed by atoms with E-state index in [0.29, 0.717) is 11.4 Å². The van der Waals surface area contributed by atoms with Crippen LogP contribution in [0.1, 0.15) is 30.7 Å². The van der Waals surface area contributed by atoms with Gasteiger partial charge in [0.05, 0.1) is 16.0 Å². The Labute approximate surface area is 87.7 Å². The summed E-state index contributed by atoms with van der Waals surface area (Å²) in [6, 6.07) is 1.81. The molecule has 0 radical (unpaired) electrons. The van der Waals surface area contributed by atoms with Crippen molar-refractivity contribution in [2.75, 3.05) is 0 Å². The fourth-order valence-corrected chi connectivity index (χ4v) is 2.22. The zero-order chi connectivity index (χ0) is 9.84. The minimum atomic E-state index is -0.486. The molecule has 0 aliphatic carbocycles. The molecular formula is C10H13ClOS. The molecule has 0 aliphatic heterocycles. The third kappa shape index (κ3) is 2.83. The number of rotatable bonds is 4. The second-order valence-electron chi connectivity index (χ2n) is 2.96. The second-order valence-corrected chi connectivity index (χ2v) is 4.31. The summed E-state index contributed by atoms with van der Waals surface area (Å²) in [5.41, 5.74) is 1.05. The zero-order valence-electron chi connectivity index (χ0n) is 7.59. The van der Waals surface area contributed by atoms with Crippen molar-refractivity contribution in [3.05, 3.63) is 33.5 Å². The number of halogens is 1. The van der Waals surface area contributed by atoms with Gasteiger partial charge in [0.2, 0.25) is 0 Å². The standard InChI is InChI=1S/C10H13ClOS/c1-3-7(2)6-9(12)10-8(11)4-5-13-10/h4-5,9,12H,2-3,6H2,1H3. The highest BCUT2D eigenvalue weighted by molar-refractivity contribution is 7.10. The Bertz CT molecular complexity index is 293. The summed E-state index contributed by atoms with van der Waals surface area (Å²) in [5, 5.41) is 12.3. The van der Waals surface area contributed by atoms with Gasteiger partial charge in [-0.3, -0.25) is 0 Å². The van der Waals surface area contributed by atoms with Gasteiger partial charge in [0.1, 0.15) is 0 Å². The molecule has 0 bridgehead atoms. The number of aliphatic hydroxyl groups is 1. The lowest BCUT2D eigenvalue weighted by Crippen LogP contribution is -1.96. The summed E-state index contributed by atoms with van der Waals surface area (Å²) >= 11 is 7.37. The van der Waals surface area contributed by atoms with Gasteiger partial charge in [-0.1, -0.05) is 30.7 Å². The van der Waals surface area contributed by atoms with Crippen molar-refractivity contribution < 1.29 is 5.11 Å². The van der Waals surface area contributed by atoms with Gasteiger partial charge >= 0.3 is 0 Å². The van der Waals surface area contributed by atoms with E-state index in [9.17, 15) is 5.11 Å². The van der Waals surface area contributed by atoms with E-state index in [4.69, 9.17) is 11.6 Å². The number of thiophene rings is 1. The van der Waals surface area contributed by atoms with Crippen LogP contribution < -0.4 is 0 Å². The average Bonchev–Trinajstić information content (AvgIpc) is 2.51. The second kappa shape index (κ2) is 4.80. The van der Waals surface area contributed by atoms with E-state index in [-0.39, 0.29) is 0 Å². The average molecular weight is 217 g/mol. The molecule has 1 aromatic rings. The molecule has 0 amide bonds. The van der Waals surface area contributed by atoms with Crippen LogP contribution in [0.2, 0.25) is 5.02 Å². The van der Waals surface area contributed by atoms with Crippen molar-refractivity contribution in [3.63, 3.8) is 0 Å². The first kappa shape index (κ1) is 10.8. The highest BCUT2D eigenvalue weighted by Crippen LogP contribution is 2.32. The maximum Gasteiger partial charge on any atom is 0.0933 e. The topological polar surface area (TPSA) is 20.2 Å². The number of hydrogen-bond donors (Lipinski definition) is 1. The van der Waals surface area contributed by atoms with E-state index in [1.807, 2.05) is 12.3 Å². The molecule has 3 heteroatoms. The highest BCUT2D eigenvalue weighted by Gasteiger charge is 2.13. The monoisotopic (exact) mass is 216 g/mol. The molecule has 0 aromatic carbocycles. The molecule has 1 rings (SSSR count). The van der Waals surface area contributed by atoms with Crippen molar-refractivity contribution in [2.45, 2.75) is 25.9 Å². The minimum Gasteiger partial charge on any atom is -0.387 e.